The lowest BCUT2D eigenvalue weighted by Gasteiger charge is -2.35. The normalized spacial score (nSPS) is 23.0. The topological polar surface area (TPSA) is 77.7 Å². The summed E-state index contributed by atoms with van der Waals surface area (Å²) in [6.07, 6.45) is 1.62. The Morgan fingerprint density at radius 2 is 2.09 bits per heavy atom. The van der Waals surface area contributed by atoms with Crippen molar-refractivity contribution < 1.29 is 14.3 Å². The number of carbonyl (C=O) groups is 1. The molecule has 0 aliphatic carbocycles. The van der Waals surface area contributed by atoms with Crippen LogP contribution in [0.25, 0.3) is 0 Å². The van der Waals surface area contributed by atoms with Gasteiger partial charge in [0.15, 0.2) is 6.29 Å². The zero-order chi connectivity index (χ0) is 15.7. The minimum absolute atomic E-state index is 0.0329. The predicted molar refractivity (Wildman–Crippen MR) is 83.0 cm³/mol. The maximum absolute atomic E-state index is 12.7. The Balaban J connectivity index is 1.77. The Morgan fingerprint density at radius 1 is 1.36 bits per heavy atom. The summed E-state index contributed by atoms with van der Waals surface area (Å²) in [4.78, 5) is 18.3. The highest BCUT2D eigenvalue weighted by molar-refractivity contribution is 6.39. The number of anilines is 1. The molecule has 120 valence electrons. The third-order valence-electron chi connectivity index (χ3n) is 3.94. The Kier molecular flexibility index (Phi) is 4.73. The Bertz CT molecular complexity index is 555. The first-order valence-electron chi connectivity index (χ1n) is 7.20. The lowest BCUT2D eigenvalue weighted by atomic mass is 9.97. The van der Waals surface area contributed by atoms with E-state index >= 15 is 0 Å². The van der Waals surface area contributed by atoms with Crippen molar-refractivity contribution in [2.75, 3.05) is 32.0 Å². The summed E-state index contributed by atoms with van der Waals surface area (Å²) in [5.74, 6) is 0.125. The standard InChI is InChI=1S/C14H17Cl2N3O3/c15-9-6-10(17)18-12(16)11(9)13(20)19-3-1-2-8(7-19)14-21-4-5-22-14/h6,8,14H,1-5,7H2,(H2,17,18). The summed E-state index contributed by atoms with van der Waals surface area (Å²) in [5.41, 5.74) is 5.77. The van der Waals surface area contributed by atoms with Gasteiger partial charge in [0, 0.05) is 19.0 Å². The van der Waals surface area contributed by atoms with Crippen LogP contribution in [-0.2, 0) is 9.47 Å². The van der Waals surface area contributed by atoms with E-state index in [0.29, 0.717) is 26.3 Å². The third kappa shape index (κ3) is 3.15. The number of likely N-dealkylation sites (tertiary alicyclic amines) is 1. The van der Waals surface area contributed by atoms with E-state index in [9.17, 15) is 4.79 Å². The second kappa shape index (κ2) is 6.58. The Hall–Kier alpha value is -1.08. The summed E-state index contributed by atoms with van der Waals surface area (Å²) < 4.78 is 11.1. The minimum atomic E-state index is -0.231. The van der Waals surface area contributed by atoms with Crippen molar-refractivity contribution in [1.82, 2.24) is 9.88 Å². The maximum Gasteiger partial charge on any atom is 0.258 e. The van der Waals surface area contributed by atoms with Crippen LogP contribution >= 0.6 is 23.2 Å². The van der Waals surface area contributed by atoms with Gasteiger partial charge in [-0.3, -0.25) is 4.79 Å². The largest absolute Gasteiger partial charge is 0.384 e. The first-order valence-corrected chi connectivity index (χ1v) is 7.96. The van der Waals surface area contributed by atoms with E-state index in [1.807, 2.05) is 0 Å². The summed E-state index contributed by atoms with van der Waals surface area (Å²) in [5, 5.41) is 0.253. The van der Waals surface area contributed by atoms with Gasteiger partial charge < -0.3 is 20.1 Å². The van der Waals surface area contributed by atoms with E-state index in [4.69, 9.17) is 38.4 Å². The number of hydrogen-bond acceptors (Lipinski definition) is 5. The third-order valence-corrected chi connectivity index (χ3v) is 4.51. The van der Waals surface area contributed by atoms with Crippen LogP contribution in [0.15, 0.2) is 6.07 Å². The maximum atomic E-state index is 12.7. The van der Waals surface area contributed by atoms with Crippen LogP contribution in [-0.4, -0.2) is 48.4 Å². The summed E-state index contributed by atoms with van der Waals surface area (Å²) >= 11 is 12.2. The van der Waals surface area contributed by atoms with Crippen molar-refractivity contribution in [2.24, 2.45) is 5.92 Å². The van der Waals surface area contributed by atoms with Gasteiger partial charge in [-0.1, -0.05) is 23.2 Å². The Labute approximate surface area is 138 Å². The van der Waals surface area contributed by atoms with Gasteiger partial charge >= 0.3 is 0 Å². The van der Waals surface area contributed by atoms with Crippen LogP contribution in [0.2, 0.25) is 10.2 Å². The number of carbonyl (C=O) groups excluding carboxylic acids is 1. The number of halogens is 2. The molecular formula is C14H17Cl2N3O3. The first kappa shape index (κ1) is 15.8. The average molecular weight is 346 g/mol. The average Bonchev–Trinajstić information content (AvgIpc) is 3.00. The van der Waals surface area contributed by atoms with Gasteiger partial charge in [-0.25, -0.2) is 4.98 Å². The molecule has 2 aliphatic heterocycles. The number of piperidine rings is 1. The molecule has 1 aromatic rings. The van der Waals surface area contributed by atoms with E-state index in [-0.39, 0.29) is 39.7 Å². The molecule has 1 unspecified atom stereocenters. The number of nitrogen functional groups attached to an aromatic ring is 1. The van der Waals surface area contributed by atoms with Gasteiger partial charge in [0.1, 0.15) is 11.0 Å². The minimum Gasteiger partial charge on any atom is -0.384 e. The van der Waals surface area contributed by atoms with E-state index in [0.717, 1.165) is 12.8 Å². The van der Waals surface area contributed by atoms with Crippen LogP contribution < -0.4 is 5.73 Å². The molecule has 8 heteroatoms. The van der Waals surface area contributed by atoms with Crippen molar-refractivity contribution >= 4 is 34.9 Å². The molecule has 22 heavy (non-hydrogen) atoms. The second-order valence-corrected chi connectivity index (χ2v) is 6.22. The molecule has 0 bridgehead atoms. The zero-order valence-corrected chi connectivity index (χ0v) is 13.4. The molecule has 2 fully saturated rings. The van der Waals surface area contributed by atoms with Gasteiger partial charge in [0.05, 0.1) is 23.8 Å². The van der Waals surface area contributed by atoms with Crippen molar-refractivity contribution in [3.63, 3.8) is 0 Å². The highest BCUT2D eigenvalue weighted by Gasteiger charge is 2.34. The van der Waals surface area contributed by atoms with Crippen LogP contribution in [0.4, 0.5) is 5.82 Å². The fraction of sp³-hybridized carbons (Fsp3) is 0.571. The smallest absolute Gasteiger partial charge is 0.258 e. The van der Waals surface area contributed by atoms with Gasteiger partial charge in [0.2, 0.25) is 0 Å². The number of aromatic nitrogens is 1. The van der Waals surface area contributed by atoms with Gasteiger partial charge in [-0.15, -0.1) is 0 Å². The second-order valence-electron chi connectivity index (χ2n) is 5.46. The van der Waals surface area contributed by atoms with Gasteiger partial charge in [-0.2, -0.15) is 0 Å². The van der Waals surface area contributed by atoms with E-state index < -0.39 is 0 Å². The molecule has 0 spiro atoms. The highest BCUT2D eigenvalue weighted by atomic mass is 35.5. The van der Waals surface area contributed by atoms with E-state index in [1.165, 1.54) is 6.07 Å². The molecule has 1 aromatic heterocycles. The predicted octanol–water partition coefficient (Wildman–Crippen LogP) is 2.20. The fourth-order valence-corrected chi connectivity index (χ4v) is 3.53. The number of rotatable bonds is 2. The number of pyridine rings is 1. The van der Waals surface area contributed by atoms with Gasteiger partial charge in [-0.05, 0) is 18.9 Å². The van der Waals surface area contributed by atoms with Crippen molar-refractivity contribution in [2.45, 2.75) is 19.1 Å². The highest BCUT2D eigenvalue weighted by Crippen LogP contribution is 2.30. The molecule has 3 heterocycles. The van der Waals surface area contributed by atoms with Crippen LogP contribution in [0, 0.1) is 5.92 Å². The van der Waals surface area contributed by atoms with Crippen molar-refractivity contribution in [1.29, 1.82) is 0 Å². The van der Waals surface area contributed by atoms with Crippen LogP contribution in [0.1, 0.15) is 23.2 Å². The molecule has 1 atom stereocenters. The lowest BCUT2D eigenvalue weighted by molar-refractivity contribution is -0.0969. The SMILES string of the molecule is Nc1cc(Cl)c(C(=O)N2CCCC(C3OCCO3)C2)c(Cl)n1. The van der Waals surface area contributed by atoms with E-state index in [2.05, 4.69) is 4.98 Å². The molecule has 6 nitrogen and oxygen atoms in total. The first-order chi connectivity index (χ1) is 10.6. The molecule has 3 rings (SSSR count). The summed E-state index contributed by atoms with van der Waals surface area (Å²) in [7, 11) is 0. The molecule has 0 radical (unpaired) electrons. The van der Waals surface area contributed by atoms with Crippen molar-refractivity contribution in [3.8, 4) is 0 Å². The number of amides is 1. The summed E-state index contributed by atoms with van der Waals surface area (Å²) in [6.45, 7) is 2.42. The van der Waals surface area contributed by atoms with Crippen molar-refractivity contribution in [3.05, 3.63) is 21.8 Å². The number of ether oxygens (including phenoxy) is 2. The number of nitrogens with two attached hydrogens (primary N) is 1. The molecule has 0 aromatic carbocycles. The van der Waals surface area contributed by atoms with Crippen LogP contribution in [0.3, 0.4) is 0 Å². The van der Waals surface area contributed by atoms with Crippen LogP contribution in [0.5, 0.6) is 0 Å². The zero-order valence-electron chi connectivity index (χ0n) is 11.9. The fourth-order valence-electron chi connectivity index (χ4n) is 2.92. The van der Waals surface area contributed by atoms with Gasteiger partial charge in [0.25, 0.3) is 5.91 Å². The monoisotopic (exact) mass is 345 g/mol. The van der Waals surface area contributed by atoms with E-state index in [1.54, 1.807) is 4.90 Å². The molecular weight excluding hydrogens is 329 g/mol. The number of hydrogen-bond donors (Lipinski definition) is 1. The number of nitrogens with zero attached hydrogens (tertiary/aromatic N) is 2. The Morgan fingerprint density at radius 3 is 2.77 bits per heavy atom. The molecule has 2 aliphatic rings. The summed E-state index contributed by atoms with van der Waals surface area (Å²) in [6, 6.07) is 1.44. The quantitative estimate of drug-likeness (QED) is 0.831. The lowest BCUT2D eigenvalue weighted by Crippen LogP contribution is -2.44. The molecule has 2 saturated heterocycles. The molecule has 0 saturated carbocycles. The molecule has 1 amide bonds. The molecule has 2 N–H and O–H groups in total.